The lowest BCUT2D eigenvalue weighted by atomic mass is 9.83. The van der Waals surface area contributed by atoms with Crippen molar-refractivity contribution in [1.29, 1.82) is 0 Å². The number of aryl methyl sites for hydroxylation is 1. The Morgan fingerprint density at radius 1 is 0.821 bits per heavy atom. The first kappa shape index (κ1) is 16.1. The summed E-state index contributed by atoms with van der Waals surface area (Å²) in [6.45, 7) is 10.1. The van der Waals surface area contributed by atoms with E-state index in [1.165, 1.54) is 61.0 Å². The molecule has 0 spiro atoms. The number of hydrogen-bond donors (Lipinski definition) is 0. The standard InChI is InChI=1S/C27H24N/c1-16-11-18-15-28-10-9-17-13-19(27(2,3)4)14-23-21-8-6-5-7-20(21)22(12-16)25(18)26(28)24(17)23/h5-14H,15H2,1-4H3/q+1. The molecule has 3 aromatic carbocycles. The zero-order valence-electron chi connectivity index (χ0n) is 16.9. The number of hydrogen-bond acceptors (Lipinski definition) is 0. The van der Waals surface area contributed by atoms with Gasteiger partial charge in [0.2, 0.25) is 5.69 Å². The van der Waals surface area contributed by atoms with Crippen LogP contribution in [0.3, 0.4) is 0 Å². The molecule has 1 aromatic heterocycles. The van der Waals surface area contributed by atoms with Crippen molar-refractivity contribution in [2.45, 2.75) is 39.7 Å². The topological polar surface area (TPSA) is 3.88 Å². The number of nitrogens with zero attached hydrogens (tertiary/aromatic N) is 1. The minimum Gasteiger partial charge on any atom is -0.193 e. The highest BCUT2D eigenvalue weighted by molar-refractivity contribution is 6.12. The van der Waals surface area contributed by atoms with Crippen LogP contribution in [0, 0.1) is 6.92 Å². The second-order valence-corrected chi connectivity index (χ2v) is 9.42. The third-order valence-electron chi connectivity index (χ3n) is 6.44. The second kappa shape index (κ2) is 5.11. The Kier molecular flexibility index (Phi) is 2.93. The maximum Gasteiger partial charge on any atom is 0.222 e. The van der Waals surface area contributed by atoms with E-state index in [9.17, 15) is 0 Å². The van der Waals surface area contributed by atoms with Gasteiger partial charge >= 0.3 is 0 Å². The fourth-order valence-electron chi connectivity index (χ4n) is 5.11. The summed E-state index contributed by atoms with van der Waals surface area (Å²) in [5.74, 6) is 0. The molecule has 1 aliphatic heterocycles. The van der Waals surface area contributed by atoms with E-state index in [-0.39, 0.29) is 5.41 Å². The molecule has 0 amide bonds. The summed E-state index contributed by atoms with van der Waals surface area (Å²) in [7, 11) is 0. The van der Waals surface area contributed by atoms with Crippen molar-refractivity contribution in [2.75, 3.05) is 0 Å². The van der Waals surface area contributed by atoms with Gasteiger partial charge in [-0.05, 0) is 63.2 Å². The van der Waals surface area contributed by atoms with Gasteiger partial charge in [0.1, 0.15) is 0 Å². The second-order valence-electron chi connectivity index (χ2n) is 9.42. The van der Waals surface area contributed by atoms with E-state index in [0.29, 0.717) is 0 Å². The van der Waals surface area contributed by atoms with Gasteiger partial charge in [-0.25, -0.2) is 0 Å². The highest BCUT2D eigenvalue weighted by Gasteiger charge is 2.36. The van der Waals surface area contributed by atoms with Crippen LogP contribution in [0.25, 0.3) is 44.3 Å². The molecule has 2 aliphatic rings. The van der Waals surface area contributed by atoms with Crippen LogP contribution in [0.5, 0.6) is 0 Å². The highest BCUT2D eigenvalue weighted by Crippen LogP contribution is 2.50. The molecule has 1 heteroatoms. The predicted molar refractivity (Wildman–Crippen MR) is 117 cm³/mol. The van der Waals surface area contributed by atoms with Crippen LogP contribution < -0.4 is 4.57 Å². The van der Waals surface area contributed by atoms with Crippen molar-refractivity contribution in [1.82, 2.24) is 0 Å². The first-order chi connectivity index (χ1) is 13.4. The Morgan fingerprint density at radius 2 is 1.57 bits per heavy atom. The van der Waals surface area contributed by atoms with Crippen LogP contribution in [-0.2, 0) is 12.0 Å². The first-order valence-electron chi connectivity index (χ1n) is 10.2. The zero-order valence-corrected chi connectivity index (χ0v) is 16.9. The third kappa shape index (κ3) is 1.99. The van der Waals surface area contributed by atoms with E-state index in [0.717, 1.165) is 6.54 Å². The number of pyridine rings is 1. The SMILES string of the molecule is Cc1cc2c3c(c1)-c1ccccc1-c1cc(C(C)(C)C)cc4cc[n+](c-3c14)C2. The maximum atomic E-state index is 2.45. The van der Waals surface area contributed by atoms with Crippen molar-refractivity contribution in [2.24, 2.45) is 0 Å². The van der Waals surface area contributed by atoms with Crippen molar-refractivity contribution in [3.05, 3.63) is 77.5 Å². The predicted octanol–water partition coefficient (Wildman–Crippen LogP) is 6.41. The van der Waals surface area contributed by atoms with E-state index < -0.39 is 0 Å². The summed E-state index contributed by atoms with van der Waals surface area (Å²) in [6.07, 6.45) is 2.28. The average Bonchev–Trinajstić information content (AvgIpc) is 2.98. The Balaban J connectivity index is 1.89. The van der Waals surface area contributed by atoms with Gasteiger partial charge in [-0.3, -0.25) is 0 Å². The molecule has 0 unspecified atom stereocenters. The van der Waals surface area contributed by atoms with Gasteiger partial charge in [-0.2, -0.15) is 4.57 Å². The van der Waals surface area contributed by atoms with Gasteiger partial charge in [0, 0.05) is 11.6 Å². The summed E-state index contributed by atoms with van der Waals surface area (Å²) < 4.78 is 2.45. The summed E-state index contributed by atoms with van der Waals surface area (Å²) in [4.78, 5) is 0. The van der Waals surface area contributed by atoms with E-state index in [1.807, 2.05) is 0 Å². The van der Waals surface area contributed by atoms with Gasteiger partial charge in [-0.15, -0.1) is 0 Å². The molecule has 28 heavy (non-hydrogen) atoms. The van der Waals surface area contributed by atoms with Crippen LogP contribution in [0.1, 0.15) is 37.5 Å². The molecule has 0 fully saturated rings. The molecule has 1 aliphatic carbocycles. The van der Waals surface area contributed by atoms with Crippen molar-refractivity contribution in [3.63, 3.8) is 0 Å². The molecule has 136 valence electrons. The van der Waals surface area contributed by atoms with Crippen LogP contribution >= 0.6 is 0 Å². The van der Waals surface area contributed by atoms with Gasteiger partial charge in [0.25, 0.3) is 0 Å². The van der Waals surface area contributed by atoms with Crippen LogP contribution in [-0.4, -0.2) is 0 Å². The maximum absolute atomic E-state index is 2.45. The van der Waals surface area contributed by atoms with Crippen LogP contribution in [0.2, 0.25) is 0 Å². The molecule has 0 atom stereocenters. The lowest BCUT2D eigenvalue weighted by Crippen LogP contribution is -2.31. The first-order valence-corrected chi connectivity index (χ1v) is 10.2. The van der Waals surface area contributed by atoms with E-state index in [4.69, 9.17) is 0 Å². The molecule has 0 saturated heterocycles. The van der Waals surface area contributed by atoms with Gasteiger partial charge in [-0.1, -0.05) is 57.2 Å². The van der Waals surface area contributed by atoms with Crippen LogP contribution in [0.15, 0.2) is 60.8 Å². The number of aromatic nitrogens is 1. The molecule has 0 bridgehead atoms. The molecule has 6 rings (SSSR count). The molecular weight excluding hydrogens is 338 g/mol. The van der Waals surface area contributed by atoms with E-state index in [2.05, 4.69) is 93.1 Å². The van der Waals surface area contributed by atoms with Crippen LogP contribution in [0.4, 0.5) is 0 Å². The fourth-order valence-corrected chi connectivity index (χ4v) is 5.11. The largest absolute Gasteiger partial charge is 0.222 e. The van der Waals surface area contributed by atoms with Crippen molar-refractivity contribution >= 4 is 10.8 Å². The number of fused-ring (bicyclic) bond motifs is 3. The average molecular weight is 362 g/mol. The van der Waals surface area contributed by atoms with Gasteiger partial charge in [0.05, 0.1) is 10.9 Å². The monoisotopic (exact) mass is 362 g/mol. The molecule has 1 nitrogen and oxygen atoms in total. The highest BCUT2D eigenvalue weighted by atomic mass is 15.0. The molecule has 0 N–H and O–H groups in total. The lowest BCUT2D eigenvalue weighted by molar-refractivity contribution is -0.670. The van der Waals surface area contributed by atoms with Crippen molar-refractivity contribution < 1.29 is 4.57 Å². The fraction of sp³-hybridized carbons (Fsp3) is 0.222. The Hall–Kier alpha value is -2.93. The van der Waals surface area contributed by atoms with Gasteiger partial charge < -0.3 is 0 Å². The smallest absolute Gasteiger partial charge is 0.193 e. The Morgan fingerprint density at radius 3 is 2.32 bits per heavy atom. The molecule has 0 radical (unpaired) electrons. The van der Waals surface area contributed by atoms with E-state index >= 15 is 0 Å². The number of rotatable bonds is 0. The number of benzene rings is 3. The molecule has 2 heterocycles. The quantitative estimate of drug-likeness (QED) is 0.275. The van der Waals surface area contributed by atoms with Gasteiger partial charge in [0.15, 0.2) is 12.7 Å². The van der Waals surface area contributed by atoms with E-state index in [1.54, 1.807) is 0 Å². The Labute approximate surface area is 166 Å². The third-order valence-corrected chi connectivity index (χ3v) is 6.44. The lowest BCUT2D eigenvalue weighted by Gasteiger charge is -2.21. The zero-order chi connectivity index (χ0) is 19.2. The summed E-state index contributed by atoms with van der Waals surface area (Å²) in [5.41, 5.74) is 12.6. The molecular formula is C27H24N+. The normalized spacial score (nSPS) is 13.6. The summed E-state index contributed by atoms with van der Waals surface area (Å²) in [5, 5.41) is 2.76. The minimum atomic E-state index is 0.118. The minimum absolute atomic E-state index is 0.118. The van der Waals surface area contributed by atoms with Crippen molar-refractivity contribution in [3.8, 4) is 33.5 Å². The summed E-state index contributed by atoms with van der Waals surface area (Å²) in [6, 6.07) is 20.9. The summed E-state index contributed by atoms with van der Waals surface area (Å²) >= 11 is 0. The molecule has 4 aromatic rings. The Bertz CT molecular complexity index is 1320. The molecule has 0 saturated carbocycles.